The molecule has 1 saturated carbocycles. The Morgan fingerprint density at radius 1 is 1.04 bits per heavy atom. The fourth-order valence-electron chi connectivity index (χ4n) is 2.82. The Morgan fingerprint density at radius 3 is 2.48 bits per heavy atom. The number of aromatic hydroxyl groups is 1. The van der Waals surface area contributed by atoms with Crippen molar-refractivity contribution in [2.24, 2.45) is 5.92 Å². The van der Waals surface area contributed by atoms with Gasteiger partial charge in [-0.25, -0.2) is 4.79 Å². The van der Waals surface area contributed by atoms with Gasteiger partial charge in [-0.3, -0.25) is 0 Å². The Hall–Kier alpha value is -2.46. The molecule has 0 saturated heterocycles. The van der Waals surface area contributed by atoms with Crippen LogP contribution in [0.5, 0.6) is 5.75 Å². The zero-order valence-corrected chi connectivity index (χ0v) is 14.5. The normalized spacial score (nSPS) is 13.8. The third kappa shape index (κ3) is 3.64. The highest BCUT2D eigenvalue weighted by atomic mass is 32.2. The van der Waals surface area contributed by atoms with Crippen LogP contribution in [0.4, 0.5) is 0 Å². The third-order valence-corrected chi connectivity index (χ3v) is 5.54. The molecule has 0 unspecified atom stereocenters. The molecule has 1 N–H and O–H groups in total. The molecule has 126 valence electrons. The van der Waals surface area contributed by atoms with Gasteiger partial charge in [0, 0.05) is 16.5 Å². The molecule has 3 aromatic rings. The summed E-state index contributed by atoms with van der Waals surface area (Å²) >= 11 is 1.28. The van der Waals surface area contributed by atoms with Crippen LogP contribution in [0.3, 0.4) is 0 Å². The second-order valence-corrected chi connectivity index (χ2v) is 7.39. The minimum atomic E-state index is -0.509. The first-order valence-electron chi connectivity index (χ1n) is 8.39. The number of benzene rings is 2. The predicted molar refractivity (Wildman–Crippen MR) is 99.1 cm³/mol. The maximum absolute atomic E-state index is 12.4. The van der Waals surface area contributed by atoms with Crippen molar-refractivity contribution in [2.75, 3.05) is 0 Å². The van der Waals surface area contributed by atoms with E-state index in [2.05, 4.69) is 6.07 Å². The molecular weight excluding hydrogens is 332 g/mol. The first kappa shape index (κ1) is 16.0. The summed E-state index contributed by atoms with van der Waals surface area (Å²) in [4.78, 5) is 13.7. The molecule has 0 bridgehead atoms. The van der Waals surface area contributed by atoms with E-state index in [0.29, 0.717) is 5.76 Å². The highest BCUT2D eigenvalue weighted by molar-refractivity contribution is 7.99. The standard InChI is InChI=1S/C21H18O3S/c22-17-13-18(15-6-2-1-3-7-15)24-21(23)20(17)25-19-9-5-4-8-16(19)12-14-10-11-14/h1-9,13-14,22H,10-12H2. The Bertz CT molecular complexity index is 943. The Morgan fingerprint density at radius 2 is 1.76 bits per heavy atom. The minimum absolute atomic E-state index is 0.0404. The van der Waals surface area contributed by atoms with Crippen molar-refractivity contribution in [2.45, 2.75) is 29.1 Å². The third-order valence-electron chi connectivity index (χ3n) is 4.34. The maximum Gasteiger partial charge on any atom is 0.354 e. The molecule has 2 aromatic carbocycles. The topological polar surface area (TPSA) is 50.4 Å². The summed E-state index contributed by atoms with van der Waals surface area (Å²) in [6, 6.07) is 18.9. The van der Waals surface area contributed by atoms with Crippen LogP contribution in [0.25, 0.3) is 11.3 Å². The minimum Gasteiger partial charge on any atom is -0.506 e. The van der Waals surface area contributed by atoms with Crippen LogP contribution in [-0.2, 0) is 6.42 Å². The van der Waals surface area contributed by atoms with Crippen LogP contribution in [0, 0.1) is 5.92 Å². The molecule has 0 aliphatic heterocycles. The number of hydrogen-bond donors (Lipinski definition) is 1. The van der Waals surface area contributed by atoms with Crippen molar-refractivity contribution in [3.63, 3.8) is 0 Å². The van der Waals surface area contributed by atoms with E-state index in [0.717, 1.165) is 22.8 Å². The molecule has 0 spiro atoms. The van der Waals surface area contributed by atoms with Gasteiger partial charge in [0.05, 0.1) is 0 Å². The highest BCUT2D eigenvalue weighted by Crippen LogP contribution is 2.39. The molecule has 25 heavy (non-hydrogen) atoms. The lowest BCUT2D eigenvalue weighted by atomic mass is 10.1. The first-order valence-corrected chi connectivity index (χ1v) is 9.20. The molecule has 1 aromatic heterocycles. The second-order valence-electron chi connectivity index (χ2n) is 6.34. The zero-order chi connectivity index (χ0) is 17.2. The quantitative estimate of drug-likeness (QED) is 0.694. The summed E-state index contributed by atoms with van der Waals surface area (Å²) < 4.78 is 5.44. The fourth-order valence-corrected chi connectivity index (χ4v) is 3.76. The molecule has 1 fully saturated rings. The van der Waals surface area contributed by atoms with Gasteiger partial charge in [0.1, 0.15) is 16.4 Å². The summed E-state index contributed by atoms with van der Waals surface area (Å²) in [5.41, 5.74) is 1.48. The molecule has 0 atom stereocenters. The van der Waals surface area contributed by atoms with Crippen molar-refractivity contribution in [1.29, 1.82) is 0 Å². The lowest BCUT2D eigenvalue weighted by Crippen LogP contribution is -2.03. The number of rotatable bonds is 5. The molecule has 4 heteroatoms. The first-order chi connectivity index (χ1) is 12.2. The summed E-state index contributed by atoms with van der Waals surface area (Å²) in [5.74, 6) is 1.09. The van der Waals surface area contributed by atoms with Gasteiger partial charge in [0.25, 0.3) is 0 Å². The van der Waals surface area contributed by atoms with Gasteiger partial charge in [-0.1, -0.05) is 60.3 Å². The molecular formula is C21H18O3S. The zero-order valence-electron chi connectivity index (χ0n) is 13.6. The SMILES string of the molecule is O=c1oc(-c2ccccc2)cc(O)c1Sc1ccccc1CC1CC1. The average molecular weight is 350 g/mol. The van der Waals surface area contributed by atoms with Gasteiger partial charge >= 0.3 is 5.63 Å². The van der Waals surface area contributed by atoms with Crippen LogP contribution >= 0.6 is 11.8 Å². The summed E-state index contributed by atoms with van der Waals surface area (Å²) in [7, 11) is 0. The molecule has 1 aliphatic carbocycles. The Labute approximate surface area is 150 Å². The van der Waals surface area contributed by atoms with Gasteiger partial charge in [-0.2, -0.15) is 0 Å². The molecule has 1 aliphatic rings. The van der Waals surface area contributed by atoms with Crippen molar-refractivity contribution >= 4 is 11.8 Å². The van der Waals surface area contributed by atoms with Crippen LogP contribution in [0.15, 0.2) is 79.7 Å². The lowest BCUT2D eigenvalue weighted by Gasteiger charge is -2.09. The molecule has 3 nitrogen and oxygen atoms in total. The van der Waals surface area contributed by atoms with Crippen molar-refractivity contribution < 1.29 is 9.52 Å². The van der Waals surface area contributed by atoms with E-state index in [1.54, 1.807) is 0 Å². The van der Waals surface area contributed by atoms with E-state index >= 15 is 0 Å². The smallest absolute Gasteiger partial charge is 0.354 e. The molecule has 0 amide bonds. The van der Waals surface area contributed by atoms with Gasteiger partial charge in [0.2, 0.25) is 0 Å². The van der Waals surface area contributed by atoms with Gasteiger partial charge in [-0.15, -0.1) is 0 Å². The Balaban J connectivity index is 1.67. The van der Waals surface area contributed by atoms with Crippen LogP contribution < -0.4 is 5.63 Å². The van der Waals surface area contributed by atoms with E-state index in [1.165, 1.54) is 36.2 Å². The van der Waals surface area contributed by atoms with Gasteiger partial charge < -0.3 is 9.52 Å². The molecule has 4 rings (SSSR count). The lowest BCUT2D eigenvalue weighted by molar-refractivity contribution is 0.430. The van der Waals surface area contributed by atoms with E-state index in [9.17, 15) is 9.90 Å². The van der Waals surface area contributed by atoms with Crippen molar-refractivity contribution in [3.8, 4) is 17.1 Å². The fraction of sp³-hybridized carbons (Fsp3) is 0.190. The Kier molecular flexibility index (Phi) is 4.36. The largest absolute Gasteiger partial charge is 0.506 e. The van der Waals surface area contributed by atoms with Crippen LogP contribution in [0.1, 0.15) is 18.4 Å². The van der Waals surface area contributed by atoms with Gasteiger partial charge in [0.15, 0.2) is 0 Å². The van der Waals surface area contributed by atoms with E-state index in [-0.39, 0.29) is 10.6 Å². The maximum atomic E-state index is 12.4. The van der Waals surface area contributed by atoms with E-state index < -0.39 is 5.63 Å². The van der Waals surface area contributed by atoms with Crippen molar-refractivity contribution in [3.05, 3.63) is 76.6 Å². The predicted octanol–water partition coefficient (Wildman–Crippen LogP) is 5.12. The van der Waals surface area contributed by atoms with Gasteiger partial charge in [-0.05, 0) is 36.8 Å². The second kappa shape index (κ2) is 6.81. The highest BCUT2D eigenvalue weighted by Gasteiger charge is 2.23. The van der Waals surface area contributed by atoms with E-state index in [4.69, 9.17) is 4.42 Å². The van der Waals surface area contributed by atoms with Crippen LogP contribution in [-0.4, -0.2) is 5.11 Å². The summed E-state index contributed by atoms with van der Waals surface area (Å²) in [6.45, 7) is 0. The van der Waals surface area contributed by atoms with E-state index in [1.807, 2.05) is 48.5 Å². The number of hydrogen-bond acceptors (Lipinski definition) is 4. The average Bonchev–Trinajstić information content (AvgIpc) is 3.44. The molecule has 0 radical (unpaired) electrons. The van der Waals surface area contributed by atoms with Crippen LogP contribution in [0.2, 0.25) is 0 Å². The monoisotopic (exact) mass is 350 g/mol. The summed E-state index contributed by atoms with van der Waals surface area (Å²) in [6.07, 6.45) is 3.58. The summed E-state index contributed by atoms with van der Waals surface area (Å²) in [5, 5.41) is 10.4. The van der Waals surface area contributed by atoms with Crippen molar-refractivity contribution in [1.82, 2.24) is 0 Å². The molecule has 1 heterocycles.